The molecule has 0 aliphatic carbocycles. The fourth-order valence-electron chi connectivity index (χ4n) is 2.09. The zero-order chi connectivity index (χ0) is 13.0. The molecule has 2 N–H and O–H groups in total. The van der Waals surface area contributed by atoms with E-state index in [0.29, 0.717) is 5.95 Å². The van der Waals surface area contributed by atoms with Gasteiger partial charge in [0, 0.05) is 19.7 Å². The fourth-order valence-corrected chi connectivity index (χ4v) is 2.09. The molecule has 1 atom stereocenters. The van der Waals surface area contributed by atoms with Crippen LogP contribution in [-0.4, -0.2) is 47.9 Å². The van der Waals surface area contributed by atoms with E-state index < -0.39 is 0 Å². The molecular formula is C11H19N5O2. The highest BCUT2D eigenvalue weighted by Gasteiger charge is 2.22. The number of ether oxygens (including phenoxy) is 2. The van der Waals surface area contributed by atoms with Crippen molar-refractivity contribution in [1.29, 1.82) is 0 Å². The normalized spacial score (nSPS) is 19.9. The summed E-state index contributed by atoms with van der Waals surface area (Å²) in [5, 5.41) is 0. The van der Waals surface area contributed by atoms with Crippen molar-refractivity contribution in [2.24, 2.45) is 0 Å². The number of rotatable bonds is 4. The van der Waals surface area contributed by atoms with Crippen LogP contribution in [0, 0.1) is 0 Å². The first-order valence-electron chi connectivity index (χ1n) is 6.15. The highest BCUT2D eigenvalue weighted by Crippen LogP contribution is 2.19. The molecule has 100 valence electrons. The third-order valence-corrected chi connectivity index (χ3v) is 2.87. The maximum Gasteiger partial charge on any atom is 0.322 e. The summed E-state index contributed by atoms with van der Waals surface area (Å²) in [4.78, 5) is 14.3. The molecule has 2 heterocycles. The minimum absolute atomic E-state index is 0.176. The molecule has 0 saturated carbocycles. The second-order valence-corrected chi connectivity index (χ2v) is 4.15. The van der Waals surface area contributed by atoms with Crippen molar-refractivity contribution in [2.75, 3.05) is 37.4 Å². The van der Waals surface area contributed by atoms with Gasteiger partial charge in [0.05, 0.1) is 13.2 Å². The first-order chi connectivity index (χ1) is 8.72. The van der Waals surface area contributed by atoms with Crippen LogP contribution in [0.25, 0.3) is 0 Å². The van der Waals surface area contributed by atoms with Gasteiger partial charge < -0.3 is 20.1 Å². The lowest BCUT2D eigenvalue weighted by Crippen LogP contribution is -2.40. The van der Waals surface area contributed by atoms with Crippen molar-refractivity contribution in [3.63, 3.8) is 0 Å². The quantitative estimate of drug-likeness (QED) is 0.834. The largest absolute Gasteiger partial charge is 0.467 e. The Labute approximate surface area is 106 Å². The second-order valence-electron chi connectivity index (χ2n) is 4.15. The number of nitrogen functional groups attached to an aromatic ring is 1. The summed E-state index contributed by atoms with van der Waals surface area (Å²) in [5.41, 5.74) is 5.63. The molecule has 0 amide bonds. The highest BCUT2D eigenvalue weighted by molar-refractivity contribution is 5.36. The molecule has 0 bridgehead atoms. The van der Waals surface area contributed by atoms with E-state index in [4.69, 9.17) is 15.2 Å². The fraction of sp³-hybridized carbons (Fsp3) is 0.727. The molecule has 1 saturated heterocycles. The van der Waals surface area contributed by atoms with Gasteiger partial charge in [0.15, 0.2) is 0 Å². The number of nitrogens with zero attached hydrogens (tertiary/aromatic N) is 4. The first kappa shape index (κ1) is 12.8. The van der Waals surface area contributed by atoms with Crippen LogP contribution in [0.1, 0.15) is 19.8 Å². The van der Waals surface area contributed by atoms with Crippen molar-refractivity contribution in [1.82, 2.24) is 15.0 Å². The topological polar surface area (TPSA) is 86.4 Å². The van der Waals surface area contributed by atoms with Crippen LogP contribution in [0.2, 0.25) is 0 Å². The van der Waals surface area contributed by atoms with Crippen LogP contribution in [-0.2, 0) is 4.74 Å². The van der Waals surface area contributed by atoms with Crippen molar-refractivity contribution < 1.29 is 9.47 Å². The van der Waals surface area contributed by atoms with Crippen molar-refractivity contribution in [3.8, 4) is 6.01 Å². The minimum Gasteiger partial charge on any atom is -0.467 e. The van der Waals surface area contributed by atoms with Gasteiger partial charge in [-0.1, -0.05) is 0 Å². The molecule has 1 fully saturated rings. The van der Waals surface area contributed by atoms with E-state index in [1.807, 2.05) is 6.92 Å². The zero-order valence-electron chi connectivity index (χ0n) is 10.8. The Morgan fingerprint density at radius 2 is 2.22 bits per heavy atom. The van der Waals surface area contributed by atoms with Gasteiger partial charge in [0.1, 0.15) is 0 Å². The van der Waals surface area contributed by atoms with Crippen LogP contribution in [0.3, 0.4) is 0 Å². The molecule has 7 heteroatoms. The molecule has 0 aromatic carbocycles. The molecule has 0 spiro atoms. The third kappa shape index (κ3) is 2.98. The highest BCUT2D eigenvalue weighted by atomic mass is 16.5. The van der Waals surface area contributed by atoms with Crippen LogP contribution in [0.15, 0.2) is 0 Å². The molecule has 1 aromatic heterocycles. The number of aromatic nitrogens is 3. The Morgan fingerprint density at radius 1 is 1.39 bits per heavy atom. The van der Waals surface area contributed by atoms with Gasteiger partial charge >= 0.3 is 6.01 Å². The predicted octanol–water partition coefficient (Wildman–Crippen LogP) is 0.468. The Hall–Kier alpha value is -1.63. The Morgan fingerprint density at radius 3 is 2.94 bits per heavy atom. The van der Waals surface area contributed by atoms with Crippen molar-refractivity contribution in [3.05, 3.63) is 0 Å². The van der Waals surface area contributed by atoms with Gasteiger partial charge in [0.25, 0.3) is 0 Å². The van der Waals surface area contributed by atoms with Gasteiger partial charge in [-0.15, -0.1) is 0 Å². The van der Waals surface area contributed by atoms with Crippen LogP contribution < -0.4 is 15.4 Å². The molecule has 18 heavy (non-hydrogen) atoms. The van der Waals surface area contributed by atoms with E-state index >= 15 is 0 Å². The predicted molar refractivity (Wildman–Crippen MR) is 67.7 cm³/mol. The zero-order valence-corrected chi connectivity index (χ0v) is 10.8. The lowest BCUT2D eigenvalue weighted by Gasteiger charge is -2.32. The van der Waals surface area contributed by atoms with Crippen molar-refractivity contribution in [2.45, 2.75) is 25.9 Å². The van der Waals surface area contributed by atoms with E-state index in [9.17, 15) is 0 Å². The molecule has 1 aliphatic rings. The summed E-state index contributed by atoms with van der Waals surface area (Å²) < 4.78 is 10.6. The van der Waals surface area contributed by atoms with Crippen LogP contribution in [0.4, 0.5) is 11.9 Å². The number of methoxy groups -OCH3 is 1. The van der Waals surface area contributed by atoms with E-state index in [-0.39, 0.29) is 18.1 Å². The van der Waals surface area contributed by atoms with E-state index in [2.05, 4.69) is 19.9 Å². The van der Waals surface area contributed by atoms with E-state index in [1.165, 1.54) is 7.11 Å². The molecule has 2 rings (SSSR count). The molecule has 1 unspecified atom stereocenters. The number of anilines is 2. The van der Waals surface area contributed by atoms with Crippen LogP contribution in [0.5, 0.6) is 6.01 Å². The number of piperidine rings is 1. The summed E-state index contributed by atoms with van der Waals surface area (Å²) in [5.74, 6) is 0.735. The molecular weight excluding hydrogens is 234 g/mol. The maximum atomic E-state index is 5.65. The van der Waals surface area contributed by atoms with Gasteiger partial charge in [0.2, 0.25) is 11.9 Å². The Balaban J connectivity index is 2.12. The summed E-state index contributed by atoms with van der Waals surface area (Å²) in [6, 6.07) is 0.246. The smallest absolute Gasteiger partial charge is 0.322 e. The van der Waals surface area contributed by atoms with Gasteiger partial charge in [-0.3, -0.25) is 0 Å². The summed E-state index contributed by atoms with van der Waals surface area (Å²) in [6.07, 6.45) is 2.35. The van der Waals surface area contributed by atoms with Crippen LogP contribution >= 0.6 is 0 Å². The lowest BCUT2D eigenvalue weighted by molar-refractivity contribution is 0.0523. The third-order valence-electron chi connectivity index (χ3n) is 2.87. The monoisotopic (exact) mass is 253 g/mol. The first-order valence-corrected chi connectivity index (χ1v) is 6.15. The number of nitrogens with two attached hydrogens (primary N) is 1. The number of hydrogen-bond acceptors (Lipinski definition) is 7. The molecule has 1 aliphatic heterocycles. The average Bonchev–Trinajstić information content (AvgIpc) is 2.39. The summed E-state index contributed by atoms with van der Waals surface area (Å²) in [7, 11) is 1.51. The average molecular weight is 253 g/mol. The maximum absolute atomic E-state index is 5.65. The molecule has 1 aromatic rings. The van der Waals surface area contributed by atoms with E-state index in [1.54, 1.807) is 0 Å². The lowest BCUT2D eigenvalue weighted by atomic mass is 10.1. The van der Waals surface area contributed by atoms with Gasteiger partial charge in [-0.25, -0.2) is 0 Å². The number of hydrogen-bond donors (Lipinski definition) is 1. The Kier molecular flexibility index (Phi) is 4.14. The SMILES string of the molecule is CCOC1CCCN(c2nc(N)nc(OC)n2)C1. The summed E-state index contributed by atoms with van der Waals surface area (Å²) in [6.45, 7) is 4.40. The van der Waals surface area contributed by atoms with Crippen molar-refractivity contribution >= 4 is 11.9 Å². The van der Waals surface area contributed by atoms with E-state index in [0.717, 1.165) is 32.5 Å². The second kappa shape index (κ2) is 5.81. The van der Waals surface area contributed by atoms with Gasteiger partial charge in [-0.05, 0) is 19.8 Å². The molecule has 0 radical (unpaired) electrons. The standard InChI is InChI=1S/C11H19N5O2/c1-3-18-8-5-4-6-16(7-8)10-13-9(12)14-11(15-10)17-2/h8H,3-7H2,1-2H3,(H2,12,13,14,15). The minimum atomic E-state index is 0.176. The molecule has 7 nitrogen and oxygen atoms in total. The van der Waals surface area contributed by atoms with Gasteiger partial charge in [-0.2, -0.15) is 15.0 Å². The Bertz CT molecular complexity index is 399. The summed E-state index contributed by atoms with van der Waals surface area (Å²) >= 11 is 0.